The first kappa shape index (κ1) is 19.6. The summed E-state index contributed by atoms with van der Waals surface area (Å²) in [5, 5.41) is 2.56. The molecular formula is C31H26N2. The van der Waals surface area contributed by atoms with E-state index in [9.17, 15) is 0 Å². The zero-order valence-electron chi connectivity index (χ0n) is 18.7. The molecule has 2 nitrogen and oxygen atoms in total. The minimum Gasteiger partial charge on any atom is -0.333 e. The lowest BCUT2D eigenvalue weighted by atomic mass is 9.90. The van der Waals surface area contributed by atoms with Crippen LogP contribution in [-0.2, 0) is 0 Å². The number of allylic oxidation sites excluding steroid dienone is 5. The second-order valence-electron chi connectivity index (χ2n) is 8.59. The van der Waals surface area contributed by atoms with Crippen molar-refractivity contribution in [2.45, 2.75) is 13.0 Å². The van der Waals surface area contributed by atoms with Gasteiger partial charge in [0.25, 0.3) is 0 Å². The van der Waals surface area contributed by atoms with E-state index in [2.05, 4.69) is 132 Å². The molecule has 0 radical (unpaired) electrons. The number of benzene rings is 3. The van der Waals surface area contributed by atoms with Crippen LogP contribution in [0.4, 0.5) is 5.69 Å². The summed E-state index contributed by atoms with van der Waals surface area (Å²) in [5.41, 5.74) is 7.32. The van der Waals surface area contributed by atoms with Gasteiger partial charge in [-0.2, -0.15) is 0 Å². The molecule has 0 saturated carbocycles. The van der Waals surface area contributed by atoms with Crippen molar-refractivity contribution in [2.75, 3.05) is 4.90 Å². The highest BCUT2D eigenvalue weighted by Gasteiger charge is 2.37. The molecule has 33 heavy (non-hydrogen) atoms. The normalized spacial score (nSPS) is 19.8. The van der Waals surface area contributed by atoms with Gasteiger partial charge in [0.15, 0.2) is 0 Å². The summed E-state index contributed by atoms with van der Waals surface area (Å²) in [6.45, 7) is 6.22. The van der Waals surface area contributed by atoms with Crippen LogP contribution in [0.1, 0.15) is 6.92 Å². The number of nitrogens with zero attached hydrogens (tertiary/aromatic N) is 2. The van der Waals surface area contributed by atoms with Gasteiger partial charge in [-0.15, -0.1) is 0 Å². The third kappa shape index (κ3) is 2.95. The van der Waals surface area contributed by atoms with Gasteiger partial charge >= 0.3 is 0 Å². The predicted molar refractivity (Wildman–Crippen MR) is 141 cm³/mol. The van der Waals surface area contributed by atoms with E-state index in [1.807, 2.05) is 6.08 Å². The van der Waals surface area contributed by atoms with Crippen LogP contribution in [0.3, 0.4) is 0 Å². The van der Waals surface area contributed by atoms with E-state index in [-0.39, 0.29) is 6.04 Å². The van der Waals surface area contributed by atoms with Gasteiger partial charge in [-0.1, -0.05) is 85.5 Å². The van der Waals surface area contributed by atoms with E-state index in [4.69, 9.17) is 0 Å². The summed E-state index contributed by atoms with van der Waals surface area (Å²) < 4.78 is 2.38. The molecule has 0 N–H and O–H groups in total. The smallest absolute Gasteiger partial charge is 0.0629 e. The first-order valence-electron chi connectivity index (χ1n) is 11.5. The summed E-state index contributed by atoms with van der Waals surface area (Å²) in [5.74, 6) is 0.315. The van der Waals surface area contributed by atoms with Crippen molar-refractivity contribution in [3.63, 3.8) is 0 Å². The van der Waals surface area contributed by atoms with Gasteiger partial charge in [0, 0.05) is 33.8 Å². The molecule has 0 spiro atoms. The Kier molecular flexibility index (Phi) is 4.66. The maximum Gasteiger partial charge on any atom is 0.0629 e. The summed E-state index contributed by atoms with van der Waals surface area (Å²) in [6, 6.07) is 26.5. The number of fused-ring (bicyclic) bond motifs is 4. The van der Waals surface area contributed by atoms with Crippen LogP contribution < -0.4 is 4.90 Å². The molecule has 1 aromatic heterocycles. The molecule has 2 aliphatic rings. The fourth-order valence-corrected chi connectivity index (χ4v) is 5.47. The lowest BCUT2D eigenvalue weighted by Gasteiger charge is -2.30. The average Bonchev–Trinajstić information content (AvgIpc) is 3.37. The Balaban J connectivity index is 1.56. The van der Waals surface area contributed by atoms with Crippen molar-refractivity contribution < 1.29 is 0 Å². The minimum atomic E-state index is 0.252. The quantitative estimate of drug-likeness (QED) is 0.324. The molecule has 0 fully saturated rings. The molecule has 0 bridgehead atoms. The van der Waals surface area contributed by atoms with E-state index in [1.165, 1.54) is 44.5 Å². The van der Waals surface area contributed by atoms with Crippen LogP contribution in [0.25, 0.3) is 27.5 Å². The predicted octanol–water partition coefficient (Wildman–Crippen LogP) is 7.73. The second-order valence-corrected chi connectivity index (χ2v) is 8.59. The first-order chi connectivity index (χ1) is 16.3. The molecule has 160 valence electrons. The SMILES string of the molecule is C=CC1=C(/C=C\C)N(c2cccc(-n3c4ccccc4c4ccccc43)c2)C2C=CC=CC12. The number of hydrogen-bond acceptors (Lipinski definition) is 1. The van der Waals surface area contributed by atoms with E-state index in [0.29, 0.717) is 5.92 Å². The Labute approximate surface area is 194 Å². The van der Waals surface area contributed by atoms with Crippen molar-refractivity contribution in [1.82, 2.24) is 4.57 Å². The minimum absolute atomic E-state index is 0.252. The number of hydrogen-bond donors (Lipinski definition) is 0. The summed E-state index contributed by atoms with van der Waals surface area (Å²) in [4.78, 5) is 2.46. The highest BCUT2D eigenvalue weighted by atomic mass is 15.2. The molecule has 1 aliphatic heterocycles. The van der Waals surface area contributed by atoms with E-state index in [1.54, 1.807) is 0 Å². The topological polar surface area (TPSA) is 8.17 Å². The molecular weight excluding hydrogens is 400 g/mol. The second kappa shape index (κ2) is 7.83. The zero-order valence-corrected chi connectivity index (χ0v) is 18.7. The van der Waals surface area contributed by atoms with Gasteiger partial charge in [-0.25, -0.2) is 0 Å². The molecule has 2 unspecified atom stereocenters. The van der Waals surface area contributed by atoms with Crippen LogP contribution in [0.15, 0.2) is 133 Å². The lowest BCUT2D eigenvalue weighted by molar-refractivity contribution is 0.685. The molecule has 6 rings (SSSR count). The summed E-state index contributed by atoms with van der Waals surface area (Å²) >= 11 is 0. The van der Waals surface area contributed by atoms with Crippen molar-refractivity contribution in [3.8, 4) is 5.69 Å². The number of anilines is 1. The van der Waals surface area contributed by atoms with Crippen LogP contribution in [0.5, 0.6) is 0 Å². The first-order valence-corrected chi connectivity index (χ1v) is 11.5. The van der Waals surface area contributed by atoms with Gasteiger partial charge in [-0.05, 0) is 48.9 Å². The van der Waals surface area contributed by atoms with Crippen LogP contribution in [-0.4, -0.2) is 10.6 Å². The zero-order chi connectivity index (χ0) is 22.4. The largest absolute Gasteiger partial charge is 0.333 e. The van der Waals surface area contributed by atoms with Gasteiger partial charge in [0.2, 0.25) is 0 Å². The number of rotatable bonds is 4. The van der Waals surface area contributed by atoms with Crippen molar-refractivity contribution in [1.29, 1.82) is 0 Å². The van der Waals surface area contributed by atoms with Crippen LogP contribution in [0, 0.1) is 5.92 Å². The fraction of sp³-hybridized carbons (Fsp3) is 0.0968. The Morgan fingerprint density at radius 2 is 1.45 bits per heavy atom. The lowest BCUT2D eigenvalue weighted by Crippen LogP contribution is -2.32. The van der Waals surface area contributed by atoms with Crippen molar-refractivity contribution in [2.24, 2.45) is 5.92 Å². The summed E-state index contributed by atoms with van der Waals surface area (Å²) in [6.07, 6.45) is 15.3. The average molecular weight is 427 g/mol. The Bertz CT molecular complexity index is 1460. The fourth-order valence-electron chi connectivity index (χ4n) is 5.47. The van der Waals surface area contributed by atoms with E-state index < -0.39 is 0 Å². The van der Waals surface area contributed by atoms with E-state index >= 15 is 0 Å². The Hall–Kier alpha value is -4.04. The number of aromatic nitrogens is 1. The van der Waals surface area contributed by atoms with Gasteiger partial charge in [-0.3, -0.25) is 0 Å². The highest BCUT2D eigenvalue weighted by molar-refractivity contribution is 6.09. The summed E-state index contributed by atoms with van der Waals surface area (Å²) in [7, 11) is 0. The molecule has 0 amide bonds. The Morgan fingerprint density at radius 1 is 0.788 bits per heavy atom. The molecule has 2 atom stereocenters. The highest BCUT2D eigenvalue weighted by Crippen LogP contribution is 2.42. The van der Waals surface area contributed by atoms with E-state index in [0.717, 1.165) is 0 Å². The number of para-hydroxylation sites is 2. The monoisotopic (exact) mass is 426 g/mol. The Morgan fingerprint density at radius 3 is 2.15 bits per heavy atom. The maximum atomic E-state index is 4.14. The van der Waals surface area contributed by atoms with Gasteiger partial charge in [0.05, 0.1) is 17.1 Å². The van der Waals surface area contributed by atoms with Crippen LogP contribution >= 0.6 is 0 Å². The standard InChI is InChI=1S/C31H26N2/c1-3-12-28-24(4-2)25-15-5-8-18-29(25)32(28)22-13-11-14-23(21-22)33-30-19-9-6-16-26(30)27-17-7-10-20-31(27)33/h3-21,25,29H,2H2,1H3/b12-3-. The molecule has 1 aliphatic carbocycles. The maximum absolute atomic E-state index is 4.14. The van der Waals surface area contributed by atoms with Crippen LogP contribution in [0.2, 0.25) is 0 Å². The van der Waals surface area contributed by atoms with Gasteiger partial charge < -0.3 is 9.47 Å². The molecule has 3 aromatic carbocycles. The third-order valence-corrected chi connectivity index (χ3v) is 6.81. The molecule has 4 aromatic rings. The van der Waals surface area contributed by atoms with Gasteiger partial charge in [0.1, 0.15) is 0 Å². The van der Waals surface area contributed by atoms with Crippen molar-refractivity contribution >= 4 is 27.5 Å². The molecule has 0 saturated heterocycles. The van der Waals surface area contributed by atoms with Crippen molar-refractivity contribution in [3.05, 3.63) is 133 Å². The molecule has 2 heterocycles. The molecule has 2 heteroatoms. The third-order valence-electron chi connectivity index (χ3n) is 6.81.